The molecule has 5 nitrogen and oxygen atoms in total. The van der Waals surface area contributed by atoms with Crippen LogP contribution in [-0.2, 0) is 4.79 Å². The van der Waals surface area contributed by atoms with Crippen LogP contribution >= 0.6 is 0 Å². The summed E-state index contributed by atoms with van der Waals surface area (Å²) in [5, 5.41) is 6.57. The molecule has 0 spiro atoms. The molecule has 2 rings (SSSR count). The molecule has 0 unspecified atom stereocenters. The molecule has 0 atom stereocenters. The van der Waals surface area contributed by atoms with Crippen molar-refractivity contribution in [2.24, 2.45) is 5.41 Å². The Morgan fingerprint density at radius 2 is 2.05 bits per heavy atom. The van der Waals surface area contributed by atoms with Crippen molar-refractivity contribution in [2.45, 2.75) is 27.4 Å². The van der Waals surface area contributed by atoms with Gasteiger partial charge < -0.3 is 9.47 Å². The van der Waals surface area contributed by atoms with Crippen molar-refractivity contribution in [1.82, 2.24) is 10.2 Å². The predicted octanol–water partition coefficient (Wildman–Crippen LogP) is 3.12. The van der Waals surface area contributed by atoms with Crippen LogP contribution in [0.25, 0.3) is 10.9 Å². The van der Waals surface area contributed by atoms with Crippen molar-refractivity contribution in [2.75, 3.05) is 0 Å². The number of esters is 1. The first-order chi connectivity index (χ1) is 9.27. The molecule has 108 valence electrons. The Hall–Kier alpha value is -2.18. The molecule has 0 saturated carbocycles. The van der Waals surface area contributed by atoms with Gasteiger partial charge in [-0.15, -0.1) is 5.10 Å². The van der Waals surface area contributed by atoms with Crippen LogP contribution in [0, 0.1) is 5.41 Å². The Morgan fingerprint density at radius 3 is 2.65 bits per heavy atom. The normalized spacial score (nSPS) is 11.9. The number of hydrogen-bond donors (Lipinski definition) is 1. The van der Waals surface area contributed by atoms with Gasteiger partial charge in [-0.1, -0.05) is 0 Å². The number of carbonyl (C=O) groups is 1. The highest BCUT2D eigenvalue weighted by Gasteiger charge is 2.24. The summed E-state index contributed by atoms with van der Waals surface area (Å²) in [5.74, 6) is -0.270. The van der Waals surface area contributed by atoms with Crippen molar-refractivity contribution in [3.63, 3.8) is 0 Å². The smallest absolute Gasteiger partial charge is 0.388 e. The second-order valence-electron chi connectivity index (χ2n) is 5.25. The number of H-pyrrole nitrogens is 1. The van der Waals surface area contributed by atoms with Crippen LogP contribution in [0.3, 0.4) is 0 Å². The minimum atomic E-state index is -2.94. The van der Waals surface area contributed by atoms with Gasteiger partial charge in [0.15, 0.2) is 0 Å². The number of benzene rings is 1. The van der Waals surface area contributed by atoms with Gasteiger partial charge in [-0.3, -0.25) is 9.89 Å². The molecule has 7 heteroatoms. The second kappa shape index (κ2) is 5.07. The van der Waals surface area contributed by atoms with E-state index in [-0.39, 0.29) is 11.8 Å². The van der Waals surface area contributed by atoms with E-state index in [4.69, 9.17) is 4.74 Å². The van der Waals surface area contributed by atoms with Crippen LogP contribution in [-0.4, -0.2) is 22.8 Å². The van der Waals surface area contributed by atoms with Crippen LogP contribution in [0.4, 0.5) is 8.78 Å². The molecule has 1 N–H and O–H groups in total. The largest absolute Gasteiger partial charge is 0.426 e. The highest BCUT2D eigenvalue weighted by molar-refractivity contribution is 5.86. The van der Waals surface area contributed by atoms with Crippen molar-refractivity contribution in [3.8, 4) is 11.6 Å². The summed E-state index contributed by atoms with van der Waals surface area (Å²) >= 11 is 0. The van der Waals surface area contributed by atoms with Gasteiger partial charge in [-0.25, -0.2) is 0 Å². The number of alkyl halides is 2. The lowest BCUT2D eigenvalue weighted by Gasteiger charge is -2.16. The highest BCUT2D eigenvalue weighted by atomic mass is 19.3. The van der Waals surface area contributed by atoms with Crippen molar-refractivity contribution in [3.05, 3.63) is 18.2 Å². The van der Waals surface area contributed by atoms with Gasteiger partial charge in [0.1, 0.15) is 5.75 Å². The van der Waals surface area contributed by atoms with E-state index in [2.05, 4.69) is 14.9 Å². The number of aromatic amines is 1. The molecule has 0 saturated heterocycles. The number of aromatic nitrogens is 2. The summed E-state index contributed by atoms with van der Waals surface area (Å²) in [4.78, 5) is 11.7. The molecular weight excluding hydrogens is 270 g/mol. The Labute approximate surface area is 113 Å². The topological polar surface area (TPSA) is 64.2 Å². The van der Waals surface area contributed by atoms with Gasteiger partial charge in [0.05, 0.1) is 16.3 Å². The molecule has 0 aliphatic rings. The molecule has 0 aliphatic carbocycles. The zero-order valence-corrected chi connectivity index (χ0v) is 11.2. The Bertz CT molecular complexity index is 632. The Balaban J connectivity index is 2.25. The first-order valence-electron chi connectivity index (χ1n) is 5.92. The summed E-state index contributed by atoms with van der Waals surface area (Å²) in [6, 6.07) is 4.51. The summed E-state index contributed by atoms with van der Waals surface area (Å²) in [5.41, 5.74) is -0.188. The summed E-state index contributed by atoms with van der Waals surface area (Å²) in [6.07, 6.45) is 0. The van der Waals surface area contributed by atoms with E-state index in [1.54, 1.807) is 20.8 Å². The Kier molecular flexibility index (Phi) is 3.61. The lowest BCUT2D eigenvalue weighted by atomic mass is 9.97. The fraction of sp³-hybridized carbons (Fsp3) is 0.385. The van der Waals surface area contributed by atoms with E-state index in [0.717, 1.165) is 0 Å². The molecule has 0 aliphatic heterocycles. The van der Waals surface area contributed by atoms with Crippen molar-refractivity contribution < 1.29 is 23.0 Å². The maximum atomic E-state index is 12.2. The van der Waals surface area contributed by atoms with E-state index < -0.39 is 12.0 Å². The first kappa shape index (κ1) is 14.2. The quantitative estimate of drug-likeness (QED) is 0.694. The maximum Gasteiger partial charge on any atom is 0.388 e. The fourth-order valence-corrected chi connectivity index (χ4v) is 1.47. The number of hydrogen-bond acceptors (Lipinski definition) is 4. The van der Waals surface area contributed by atoms with Gasteiger partial charge in [0, 0.05) is 6.07 Å². The standard InChI is InChI=1S/C13H14F2N2O3/c1-13(2,3)11(18)19-7-4-5-8-9(6-7)16-17-10(8)20-12(14)15/h4-6,12H,1-3H3,(H,16,17). The zero-order valence-electron chi connectivity index (χ0n) is 11.2. The molecule has 1 aromatic carbocycles. The lowest BCUT2D eigenvalue weighted by molar-refractivity contribution is -0.142. The molecule has 0 bridgehead atoms. The van der Waals surface area contributed by atoms with Crippen LogP contribution in [0.5, 0.6) is 11.6 Å². The summed E-state index contributed by atoms with van der Waals surface area (Å²) in [7, 11) is 0. The number of nitrogens with zero attached hydrogens (tertiary/aromatic N) is 1. The highest BCUT2D eigenvalue weighted by Crippen LogP contribution is 2.28. The monoisotopic (exact) mass is 284 g/mol. The van der Waals surface area contributed by atoms with E-state index in [1.165, 1.54) is 18.2 Å². The van der Waals surface area contributed by atoms with Crippen LogP contribution < -0.4 is 9.47 Å². The van der Waals surface area contributed by atoms with Crippen LogP contribution in [0.2, 0.25) is 0 Å². The third kappa shape index (κ3) is 3.04. The number of fused-ring (bicyclic) bond motifs is 1. The average molecular weight is 284 g/mol. The molecule has 1 heterocycles. The fourth-order valence-electron chi connectivity index (χ4n) is 1.47. The van der Waals surface area contributed by atoms with Crippen LogP contribution in [0.1, 0.15) is 20.8 Å². The number of rotatable bonds is 3. The Morgan fingerprint density at radius 1 is 1.35 bits per heavy atom. The summed E-state index contributed by atoms with van der Waals surface area (Å²) in [6.45, 7) is 2.26. The second-order valence-corrected chi connectivity index (χ2v) is 5.25. The van der Waals surface area contributed by atoms with E-state index in [0.29, 0.717) is 16.7 Å². The maximum absolute atomic E-state index is 12.2. The number of nitrogens with one attached hydrogen (secondary N) is 1. The van der Waals surface area contributed by atoms with Crippen LogP contribution in [0.15, 0.2) is 18.2 Å². The third-order valence-electron chi connectivity index (χ3n) is 2.52. The zero-order chi connectivity index (χ0) is 14.9. The van der Waals surface area contributed by atoms with E-state index in [9.17, 15) is 13.6 Å². The van der Waals surface area contributed by atoms with Crippen molar-refractivity contribution >= 4 is 16.9 Å². The number of ether oxygens (including phenoxy) is 2. The third-order valence-corrected chi connectivity index (χ3v) is 2.52. The van der Waals surface area contributed by atoms with Crippen molar-refractivity contribution in [1.29, 1.82) is 0 Å². The van der Waals surface area contributed by atoms with Gasteiger partial charge in [-0.05, 0) is 32.9 Å². The summed E-state index contributed by atoms with van der Waals surface area (Å²) < 4.78 is 33.8. The average Bonchev–Trinajstić information content (AvgIpc) is 2.70. The first-order valence-corrected chi connectivity index (χ1v) is 5.92. The van der Waals surface area contributed by atoms with Gasteiger partial charge in [-0.2, -0.15) is 8.78 Å². The molecule has 1 aromatic heterocycles. The molecular formula is C13H14F2N2O3. The van der Waals surface area contributed by atoms with Gasteiger partial charge in [0.25, 0.3) is 0 Å². The van der Waals surface area contributed by atoms with Gasteiger partial charge in [0.2, 0.25) is 5.88 Å². The minimum absolute atomic E-state index is 0.191. The number of halogens is 2. The molecule has 0 amide bonds. The van der Waals surface area contributed by atoms with E-state index in [1.807, 2.05) is 0 Å². The molecule has 0 radical (unpaired) electrons. The molecule has 0 fully saturated rings. The molecule has 2 aromatic rings. The van der Waals surface area contributed by atoms with Gasteiger partial charge >= 0.3 is 12.6 Å². The predicted molar refractivity (Wildman–Crippen MR) is 67.8 cm³/mol. The SMILES string of the molecule is CC(C)(C)C(=O)Oc1ccc2c(OC(F)F)n[nH]c2c1. The molecule has 20 heavy (non-hydrogen) atoms. The minimum Gasteiger partial charge on any atom is -0.426 e. The van der Waals surface area contributed by atoms with E-state index >= 15 is 0 Å². The number of carbonyl (C=O) groups excluding carboxylic acids is 1. The lowest BCUT2D eigenvalue weighted by Crippen LogP contribution is -2.25.